The maximum Gasteiger partial charge on any atom is 0.516 e. The number of carbonyl (C=O) groups excluding carboxylic acids is 1. The van der Waals surface area contributed by atoms with Crippen LogP contribution in [0, 0.1) is 0 Å². The van der Waals surface area contributed by atoms with Crippen LogP contribution in [0.3, 0.4) is 0 Å². The SMILES string of the molecule is COCCOC(=O)c1nnc(N=Nc2cc3c(cc2NS(=O)(=O)C(F)(F)F)N(C)CCC3)s1. The van der Waals surface area contributed by atoms with Gasteiger partial charge in [-0.15, -0.1) is 20.4 Å². The molecule has 16 heteroatoms. The molecule has 1 aromatic heterocycles. The minimum atomic E-state index is -5.69. The van der Waals surface area contributed by atoms with Crippen LogP contribution in [0.4, 0.5) is 35.4 Å². The third-order valence-corrected chi connectivity index (χ3v) is 6.34. The number of hydrogen-bond acceptors (Lipinski definition) is 11. The van der Waals surface area contributed by atoms with Gasteiger partial charge in [0.15, 0.2) is 0 Å². The summed E-state index contributed by atoms with van der Waals surface area (Å²) in [6, 6.07) is 2.74. The highest BCUT2D eigenvalue weighted by atomic mass is 32.2. The Labute approximate surface area is 190 Å². The van der Waals surface area contributed by atoms with E-state index in [1.807, 2.05) is 0 Å². The maximum atomic E-state index is 12.9. The minimum Gasteiger partial charge on any atom is -0.458 e. The molecule has 0 spiro atoms. The van der Waals surface area contributed by atoms with E-state index in [9.17, 15) is 26.4 Å². The lowest BCUT2D eigenvalue weighted by Gasteiger charge is -2.28. The van der Waals surface area contributed by atoms with E-state index in [0.717, 1.165) is 23.3 Å². The lowest BCUT2D eigenvalue weighted by Crippen LogP contribution is -2.30. The van der Waals surface area contributed by atoms with Gasteiger partial charge in [-0.05, 0) is 30.5 Å². The summed E-state index contributed by atoms with van der Waals surface area (Å²) in [6.07, 6.45) is 1.43. The van der Waals surface area contributed by atoms with Crippen molar-refractivity contribution in [3.63, 3.8) is 0 Å². The van der Waals surface area contributed by atoms with Gasteiger partial charge in [-0.1, -0.05) is 11.3 Å². The van der Waals surface area contributed by atoms with Gasteiger partial charge in [0.1, 0.15) is 12.3 Å². The molecule has 0 amide bonds. The van der Waals surface area contributed by atoms with E-state index in [1.54, 1.807) is 11.9 Å². The van der Waals surface area contributed by atoms with E-state index in [1.165, 1.54) is 24.0 Å². The average Bonchev–Trinajstić information content (AvgIpc) is 3.21. The summed E-state index contributed by atoms with van der Waals surface area (Å²) in [4.78, 5) is 13.7. The molecule has 1 aromatic carbocycles. The van der Waals surface area contributed by atoms with Crippen LogP contribution in [0.25, 0.3) is 0 Å². The number of methoxy groups -OCH3 is 1. The zero-order valence-corrected chi connectivity index (χ0v) is 19.1. The minimum absolute atomic E-state index is 0.0119. The summed E-state index contributed by atoms with van der Waals surface area (Å²) in [7, 11) is -2.50. The van der Waals surface area contributed by atoms with Crippen molar-refractivity contribution >= 4 is 49.5 Å². The van der Waals surface area contributed by atoms with E-state index in [-0.39, 0.29) is 29.0 Å². The van der Waals surface area contributed by atoms with E-state index in [2.05, 4.69) is 20.4 Å². The number of carbonyl (C=O) groups is 1. The quantitative estimate of drug-likeness (QED) is 0.326. The zero-order valence-electron chi connectivity index (χ0n) is 17.4. The molecule has 1 N–H and O–H groups in total. The summed E-state index contributed by atoms with van der Waals surface area (Å²) in [5.41, 5.74) is -4.70. The summed E-state index contributed by atoms with van der Waals surface area (Å²) in [5, 5.41) is 14.8. The molecular formula is C17H19F3N6O5S2. The Morgan fingerprint density at radius 3 is 2.73 bits per heavy atom. The van der Waals surface area contributed by atoms with Crippen molar-refractivity contribution in [2.45, 2.75) is 18.3 Å². The zero-order chi connectivity index (χ0) is 24.2. The van der Waals surface area contributed by atoms with Crippen LogP contribution in [-0.2, 0) is 25.9 Å². The Morgan fingerprint density at radius 1 is 1.27 bits per heavy atom. The third-order valence-electron chi connectivity index (χ3n) is 4.45. The fourth-order valence-electron chi connectivity index (χ4n) is 2.88. The Morgan fingerprint density at radius 2 is 2.03 bits per heavy atom. The van der Waals surface area contributed by atoms with Gasteiger partial charge in [0.25, 0.3) is 5.13 Å². The molecule has 33 heavy (non-hydrogen) atoms. The molecule has 1 aliphatic heterocycles. The lowest BCUT2D eigenvalue weighted by molar-refractivity contribution is -0.0429. The summed E-state index contributed by atoms with van der Waals surface area (Å²) in [6.45, 7) is 0.868. The molecule has 0 fully saturated rings. The van der Waals surface area contributed by atoms with Crippen molar-refractivity contribution in [1.29, 1.82) is 0 Å². The van der Waals surface area contributed by atoms with Crippen molar-refractivity contribution in [3.8, 4) is 0 Å². The number of esters is 1. The first-order valence-electron chi connectivity index (χ1n) is 9.40. The van der Waals surface area contributed by atoms with Crippen molar-refractivity contribution in [2.75, 3.05) is 43.5 Å². The number of alkyl halides is 3. The van der Waals surface area contributed by atoms with Crippen LogP contribution in [0.15, 0.2) is 22.4 Å². The largest absolute Gasteiger partial charge is 0.516 e. The second-order valence-electron chi connectivity index (χ2n) is 6.79. The molecule has 3 rings (SSSR count). The second-order valence-corrected chi connectivity index (χ2v) is 9.42. The number of aryl methyl sites for hydroxylation is 1. The highest BCUT2D eigenvalue weighted by Crippen LogP contribution is 2.39. The van der Waals surface area contributed by atoms with Crippen LogP contribution in [0.1, 0.15) is 21.8 Å². The fourth-order valence-corrected chi connectivity index (χ4v) is 4.01. The molecule has 180 valence electrons. The number of rotatable bonds is 8. The van der Waals surface area contributed by atoms with Gasteiger partial charge >= 0.3 is 21.5 Å². The van der Waals surface area contributed by atoms with Crippen molar-refractivity contribution in [2.24, 2.45) is 10.2 Å². The number of azo groups is 1. The normalized spacial score (nSPS) is 14.4. The molecule has 2 heterocycles. The molecule has 0 saturated heterocycles. The van der Waals surface area contributed by atoms with Crippen molar-refractivity contribution in [3.05, 3.63) is 22.7 Å². The molecule has 2 aromatic rings. The number of anilines is 2. The molecule has 1 aliphatic rings. The Bertz CT molecular complexity index is 1150. The third kappa shape index (κ3) is 5.94. The van der Waals surface area contributed by atoms with Gasteiger partial charge in [0, 0.05) is 26.4 Å². The Hall–Kier alpha value is -2.85. The number of nitrogens with one attached hydrogen (secondary N) is 1. The van der Waals surface area contributed by atoms with Gasteiger partial charge in [0.05, 0.1) is 12.3 Å². The number of halogens is 3. The first kappa shape index (κ1) is 24.8. The van der Waals surface area contributed by atoms with Gasteiger partial charge in [-0.2, -0.15) is 21.6 Å². The number of ether oxygens (including phenoxy) is 2. The predicted molar refractivity (Wildman–Crippen MR) is 113 cm³/mol. The molecule has 0 radical (unpaired) electrons. The molecule has 11 nitrogen and oxygen atoms in total. The Kier molecular flexibility index (Phi) is 7.48. The standard InChI is InChI=1S/C17H19F3N6O5S2/c1-26-5-3-4-10-8-11(12(9-13(10)26)25-33(28,29)17(18,19)20)21-23-16-24-22-14(32-16)15(27)31-7-6-30-2/h8-9,25H,3-7H2,1-2H3. The van der Waals surface area contributed by atoms with Crippen LogP contribution in [0.2, 0.25) is 0 Å². The number of benzene rings is 1. The molecule has 0 aliphatic carbocycles. The number of nitrogens with zero attached hydrogens (tertiary/aromatic N) is 5. The van der Waals surface area contributed by atoms with Gasteiger partial charge in [0.2, 0.25) is 5.01 Å². The van der Waals surface area contributed by atoms with Crippen LogP contribution >= 0.6 is 11.3 Å². The summed E-state index contributed by atoms with van der Waals surface area (Å²) >= 11 is 0.746. The fraction of sp³-hybridized carbons (Fsp3) is 0.471. The lowest BCUT2D eigenvalue weighted by atomic mass is 10.0. The topological polar surface area (TPSA) is 135 Å². The van der Waals surface area contributed by atoms with E-state index < -0.39 is 27.2 Å². The van der Waals surface area contributed by atoms with Crippen LogP contribution in [-0.4, -0.2) is 64.0 Å². The van der Waals surface area contributed by atoms with E-state index in [0.29, 0.717) is 18.7 Å². The van der Waals surface area contributed by atoms with Crippen molar-refractivity contribution < 1.29 is 35.9 Å². The van der Waals surface area contributed by atoms with Crippen LogP contribution < -0.4 is 9.62 Å². The molecule has 0 atom stereocenters. The van der Waals surface area contributed by atoms with Gasteiger partial charge in [-0.3, -0.25) is 4.72 Å². The second kappa shape index (κ2) is 9.96. The number of aromatic nitrogens is 2. The number of sulfonamides is 1. The molecule has 0 bridgehead atoms. The highest BCUT2D eigenvalue weighted by Gasteiger charge is 2.46. The average molecular weight is 509 g/mol. The van der Waals surface area contributed by atoms with E-state index in [4.69, 9.17) is 9.47 Å². The van der Waals surface area contributed by atoms with Crippen LogP contribution in [0.5, 0.6) is 0 Å². The predicted octanol–water partition coefficient (Wildman–Crippen LogP) is 3.40. The first-order valence-corrected chi connectivity index (χ1v) is 11.7. The van der Waals surface area contributed by atoms with Gasteiger partial charge in [-0.25, -0.2) is 4.79 Å². The van der Waals surface area contributed by atoms with E-state index >= 15 is 0 Å². The monoisotopic (exact) mass is 508 g/mol. The smallest absolute Gasteiger partial charge is 0.458 e. The first-order chi connectivity index (χ1) is 15.5. The summed E-state index contributed by atoms with van der Waals surface area (Å²) < 4.78 is 73.3. The molecule has 0 unspecified atom stereocenters. The van der Waals surface area contributed by atoms with Crippen molar-refractivity contribution in [1.82, 2.24) is 10.2 Å². The highest BCUT2D eigenvalue weighted by molar-refractivity contribution is 7.93. The summed E-state index contributed by atoms with van der Waals surface area (Å²) in [5.74, 6) is -0.749. The Balaban J connectivity index is 1.90. The number of hydrogen-bond donors (Lipinski definition) is 1. The van der Waals surface area contributed by atoms with Gasteiger partial charge < -0.3 is 14.4 Å². The maximum absolute atomic E-state index is 12.9. The number of fused-ring (bicyclic) bond motifs is 1. The molecule has 0 saturated carbocycles. The molecular weight excluding hydrogens is 489 g/mol.